The van der Waals surface area contributed by atoms with E-state index in [1.165, 1.54) is 0 Å². The summed E-state index contributed by atoms with van der Waals surface area (Å²) in [6.07, 6.45) is -1.34. The van der Waals surface area contributed by atoms with E-state index in [1.807, 2.05) is 0 Å². The molecule has 0 radical (unpaired) electrons. The van der Waals surface area contributed by atoms with E-state index >= 15 is 0 Å². The Labute approximate surface area is 87.7 Å². The van der Waals surface area contributed by atoms with Crippen molar-refractivity contribution in [2.75, 3.05) is 6.61 Å². The number of hydrogen-bond donors (Lipinski definition) is 5. The van der Waals surface area contributed by atoms with Crippen LogP contribution in [0.1, 0.15) is 26.7 Å². The maximum atomic E-state index is 9.98. The van der Waals surface area contributed by atoms with E-state index in [-0.39, 0.29) is 12.8 Å². The molecule has 90 valence electrons. The lowest BCUT2D eigenvalue weighted by Crippen LogP contribution is -2.53. The zero-order chi connectivity index (χ0) is 11.9. The molecule has 1 saturated heterocycles. The van der Waals surface area contributed by atoms with Crippen LogP contribution in [0.2, 0.25) is 0 Å². The van der Waals surface area contributed by atoms with Crippen LogP contribution in [0, 0.1) is 0 Å². The van der Waals surface area contributed by atoms with Gasteiger partial charge >= 0.3 is 0 Å². The zero-order valence-electron chi connectivity index (χ0n) is 8.84. The van der Waals surface area contributed by atoms with Gasteiger partial charge in [-0.15, -0.1) is 0 Å². The lowest BCUT2D eigenvalue weighted by atomic mass is 9.85. The molecule has 0 bridgehead atoms. The van der Waals surface area contributed by atoms with Gasteiger partial charge in [0.1, 0.15) is 11.7 Å². The van der Waals surface area contributed by atoms with Crippen molar-refractivity contribution in [2.24, 2.45) is 0 Å². The van der Waals surface area contributed by atoms with Crippen molar-refractivity contribution in [3.8, 4) is 0 Å². The van der Waals surface area contributed by atoms with Gasteiger partial charge in [-0.3, -0.25) is 0 Å². The van der Waals surface area contributed by atoms with E-state index in [4.69, 9.17) is 5.11 Å². The number of aliphatic hydroxyl groups is 5. The first kappa shape index (κ1) is 12.8. The van der Waals surface area contributed by atoms with Gasteiger partial charge in [0, 0.05) is 0 Å². The van der Waals surface area contributed by atoms with Gasteiger partial charge in [0.15, 0.2) is 0 Å². The molecule has 1 fully saturated rings. The Hall–Kier alpha value is -0.240. The van der Waals surface area contributed by atoms with Crippen LogP contribution in [0.4, 0.5) is 0 Å². The third kappa shape index (κ3) is 1.49. The molecule has 0 aromatic heterocycles. The Morgan fingerprint density at radius 3 is 2.07 bits per heavy atom. The summed E-state index contributed by atoms with van der Waals surface area (Å²) in [5, 5.41) is 47.4. The molecule has 0 aromatic rings. The lowest BCUT2D eigenvalue weighted by molar-refractivity contribution is -0.167. The number of hydrogen-bond acceptors (Lipinski definition) is 6. The highest BCUT2D eigenvalue weighted by Gasteiger charge is 2.81. The molecule has 1 rings (SSSR count). The minimum absolute atomic E-state index is 0.153. The van der Waals surface area contributed by atoms with Crippen molar-refractivity contribution in [2.45, 2.75) is 50.0 Å². The standard InChI is InChI=1S/C9H18O6/c1-3-7(12,4-2)9(14)8(13,15-9)6(11)5-10/h6,10-14H,3-5H2,1-2H3/t6-,8-,9+/m1/s1. The number of ether oxygens (including phenoxy) is 1. The summed E-state index contributed by atoms with van der Waals surface area (Å²) >= 11 is 0. The Morgan fingerprint density at radius 1 is 1.27 bits per heavy atom. The van der Waals surface area contributed by atoms with Crippen molar-refractivity contribution < 1.29 is 30.3 Å². The third-order valence-corrected chi connectivity index (χ3v) is 3.17. The second kappa shape index (κ2) is 3.65. The van der Waals surface area contributed by atoms with Crippen molar-refractivity contribution >= 4 is 0 Å². The molecule has 15 heavy (non-hydrogen) atoms. The van der Waals surface area contributed by atoms with E-state index < -0.39 is 29.9 Å². The van der Waals surface area contributed by atoms with E-state index in [9.17, 15) is 20.4 Å². The molecule has 1 heterocycles. The maximum absolute atomic E-state index is 9.98. The van der Waals surface area contributed by atoms with Crippen LogP contribution in [0.15, 0.2) is 0 Å². The minimum Gasteiger partial charge on any atom is -0.393 e. The smallest absolute Gasteiger partial charge is 0.256 e. The Morgan fingerprint density at radius 2 is 1.73 bits per heavy atom. The van der Waals surface area contributed by atoms with Gasteiger partial charge in [0.25, 0.3) is 11.6 Å². The van der Waals surface area contributed by atoms with Crippen LogP contribution in [-0.4, -0.2) is 55.4 Å². The van der Waals surface area contributed by atoms with E-state index in [2.05, 4.69) is 4.74 Å². The summed E-state index contributed by atoms with van der Waals surface area (Å²) in [6.45, 7) is 2.48. The van der Waals surface area contributed by atoms with Crippen LogP contribution in [-0.2, 0) is 4.74 Å². The second-order valence-corrected chi connectivity index (χ2v) is 3.88. The van der Waals surface area contributed by atoms with Gasteiger partial charge in [-0.2, -0.15) is 0 Å². The van der Waals surface area contributed by atoms with Gasteiger partial charge in [-0.25, -0.2) is 0 Å². The fraction of sp³-hybridized carbons (Fsp3) is 1.00. The fourth-order valence-electron chi connectivity index (χ4n) is 1.77. The average molecular weight is 222 g/mol. The normalized spacial score (nSPS) is 37.8. The second-order valence-electron chi connectivity index (χ2n) is 3.88. The molecule has 1 aliphatic rings. The Balaban J connectivity index is 2.90. The first-order valence-electron chi connectivity index (χ1n) is 4.97. The Kier molecular flexibility index (Phi) is 3.13. The van der Waals surface area contributed by atoms with E-state index in [1.54, 1.807) is 13.8 Å². The molecular weight excluding hydrogens is 204 g/mol. The minimum atomic E-state index is -2.29. The highest BCUT2D eigenvalue weighted by Crippen LogP contribution is 2.54. The summed E-state index contributed by atoms with van der Waals surface area (Å²) in [4.78, 5) is 0. The molecule has 5 N–H and O–H groups in total. The van der Waals surface area contributed by atoms with Gasteiger partial charge < -0.3 is 30.3 Å². The lowest BCUT2D eigenvalue weighted by Gasteiger charge is -2.30. The van der Waals surface area contributed by atoms with Crippen LogP contribution in [0.5, 0.6) is 0 Å². The molecule has 0 unspecified atom stereocenters. The van der Waals surface area contributed by atoms with Crippen molar-refractivity contribution in [3.63, 3.8) is 0 Å². The Bertz CT molecular complexity index is 241. The summed E-state index contributed by atoms with van der Waals surface area (Å²) in [6, 6.07) is 0. The van der Waals surface area contributed by atoms with E-state index in [0.29, 0.717) is 0 Å². The average Bonchev–Trinajstić information content (AvgIpc) is 2.82. The molecule has 0 saturated carbocycles. The van der Waals surface area contributed by atoms with E-state index in [0.717, 1.165) is 0 Å². The first-order valence-corrected chi connectivity index (χ1v) is 4.97. The predicted octanol–water partition coefficient (Wildman–Crippen LogP) is -1.70. The summed E-state index contributed by atoms with van der Waals surface area (Å²) in [7, 11) is 0. The molecule has 3 atom stereocenters. The monoisotopic (exact) mass is 222 g/mol. The number of epoxide rings is 1. The highest BCUT2D eigenvalue weighted by molar-refractivity contribution is 5.15. The largest absolute Gasteiger partial charge is 0.393 e. The quantitative estimate of drug-likeness (QED) is 0.354. The number of rotatable bonds is 5. The zero-order valence-corrected chi connectivity index (χ0v) is 8.84. The third-order valence-electron chi connectivity index (χ3n) is 3.17. The molecule has 6 nitrogen and oxygen atoms in total. The molecule has 0 aliphatic carbocycles. The van der Waals surface area contributed by atoms with Crippen LogP contribution < -0.4 is 0 Å². The fourth-order valence-corrected chi connectivity index (χ4v) is 1.77. The van der Waals surface area contributed by atoms with Crippen LogP contribution in [0.3, 0.4) is 0 Å². The predicted molar refractivity (Wildman–Crippen MR) is 49.6 cm³/mol. The topological polar surface area (TPSA) is 114 Å². The van der Waals surface area contributed by atoms with Crippen LogP contribution >= 0.6 is 0 Å². The van der Waals surface area contributed by atoms with Gasteiger partial charge in [-0.1, -0.05) is 13.8 Å². The number of aliphatic hydroxyl groups excluding tert-OH is 2. The molecule has 0 aromatic carbocycles. The molecular formula is C9H18O6. The van der Waals surface area contributed by atoms with Gasteiger partial charge in [0.05, 0.1) is 6.61 Å². The molecule has 0 amide bonds. The van der Waals surface area contributed by atoms with Crippen molar-refractivity contribution in [1.82, 2.24) is 0 Å². The van der Waals surface area contributed by atoms with Gasteiger partial charge in [0.2, 0.25) is 0 Å². The van der Waals surface area contributed by atoms with Crippen molar-refractivity contribution in [3.05, 3.63) is 0 Å². The summed E-state index contributed by atoms with van der Waals surface area (Å²) in [5.41, 5.74) is -1.64. The summed E-state index contributed by atoms with van der Waals surface area (Å²) < 4.78 is 4.64. The maximum Gasteiger partial charge on any atom is 0.256 e. The SMILES string of the molecule is CCC(O)(CC)[C@]1(O)O[C@]1(O)[C@H](O)CO. The highest BCUT2D eigenvalue weighted by atomic mass is 16.9. The molecule has 6 heteroatoms. The first-order chi connectivity index (χ1) is 6.81. The molecule has 1 aliphatic heterocycles. The van der Waals surface area contributed by atoms with Gasteiger partial charge in [-0.05, 0) is 12.8 Å². The van der Waals surface area contributed by atoms with Crippen LogP contribution in [0.25, 0.3) is 0 Å². The van der Waals surface area contributed by atoms with Crippen molar-refractivity contribution in [1.29, 1.82) is 0 Å². The summed E-state index contributed by atoms with van der Waals surface area (Å²) in [5.74, 6) is -4.51. The molecule has 0 spiro atoms.